The normalized spacial score (nSPS) is 15.8. The van der Waals surface area contributed by atoms with E-state index in [2.05, 4.69) is 36.0 Å². The van der Waals surface area contributed by atoms with E-state index in [0.717, 1.165) is 6.54 Å². The Morgan fingerprint density at radius 3 is 2.69 bits per heavy atom. The van der Waals surface area contributed by atoms with Crippen LogP contribution in [0.3, 0.4) is 0 Å². The third-order valence-corrected chi connectivity index (χ3v) is 2.31. The summed E-state index contributed by atoms with van der Waals surface area (Å²) in [6.45, 7) is 5.56. The number of allylic oxidation sites excluding steroid dienone is 1. The van der Waals surface area contributed by atoms with Crippen LogP contribution < -0.4 is 11.0 Å². The molecule has 0 amide bonds. The molecule has 1 heterocycles. The maximum Gasteiger partial charge on any atom is 0.0483 e. The molecule has 1 aliphatic rings. The molecule has 0 fully saturated rings. The van der Waals surface area contributed by atoms with E-state index in [1.165, 1.54) is 37.8 Å². The summed E-state index contributed by atoms with van der Waals surface area (Å²) < 4.78 is 0. The van der Waals surface area contributed by atoms with Crippen molar-refractivity contribution >= 4 is 0 Å². The molecule has 0 spiro atoms. The van der Waals surface area contributed by atoms with Crippen LogP contribution in [0.2, 0.25) is 0 Å². The first-order valence-electron chi connectivity index (χ1n) is 5.36. The standard InChI is InChI=1S/C10H21N3/c1-3-5-7-10-9-11-12-13(10)8-6-4-2/h9,11-12H,3-8H2,1-2H3. The highest BCUT2D eigenvalue weighted by molar-refractivity contribution is 5.02. The lowest BCUT2D eigenvalue weighted by Crippen LogP contribution is -2.37. The lowest BCUT2D eigenvalue weighted by Gasteiger charge is -2.20. The average Bonchev–Trinajstić information content (AvgIpc) is 2.59. The third kappa shape index (κ3) is 3.27. The Kier molecular flexibility index (Phi) is 4.68. The molecule has 76 valence electrons. The van der Waals surface area contributed by atoms with Crippen molar-refractivity contribution in [2.75, 3.05) is 6.54 Å². The van der Waals surface area contributed by atoms with Gasteiger partial charge in [0.05, 0.1) is 0 Å². The van der Waals surface area contributed by atoms with E-state index in [9.17, 15) is 0 Å². The van der Waals surface area contributed by atoms with Crippen molar-refractivity contribution < 1.29 is 0 Å². The second kappa shape index (κ2) is 5.86. The zero-order valence-electron chi connectivity index (χ0n) is 8.77. The van der Waals surface area contributed by atoms with Gasteiger partial charge in [0.2, 0.25) is 0 Å². The average molecular weight is 183 g/mol. The Hall–Kier alpha value is -0.700. The van der Waals surface area contributed by atoms with Crippen molar-refractivity contribution in [3.8, 4) is 0 Å². The molecule has 3 heteroatoms. The van der Waals surface area contributed by atoms with Crippen LogP contribution in [0.1, 0.15) is 46.0 Å². The minimum absolute atomic E-state index is 1.11. The second-order valence-corrected chi connectivity index (χ2v) is 3.50. The highest BCUT2D eigenvalue weighted by atomic mass is 15.7. The number of hydrazine groups is 2. The van der Waals surface area contributed by atoms with E-state index in [1.807, 2.05) is 0 Å². The number of hydrogen-bond acceptors (Lipinski definition) is 3. The molecule has 0 unspecified atom stereocenters. The molecule has 1 aliphatic heterocycles. The number of nitrogens with zero attached hydrogens (tertiary/aromatic N) is 1. The van der Waals surface area contributed by atoms with Crippen LogP contribution in [-0.4, -0.2) is 11.6 Å². The zero-order valence-corrected chi connectivity index (χ0v) is 8.77. The molecule has 0 bridgehead atoms. The Morgan fingerprint density at radius 2 is 2.00 bits per heavy atom. The second-order valence-electron chi connectivity index (χ2n) is 3.50. The van der Waals surface area contributed by atoms with E-state index in [4.69, 9.17) is 0 Å². The highest BCUT2D eigenvalue weighted by Crippen LogP contribution is 2.13. The molecular formula is C10H21N3. The number of rotatable bonds is 6. The minimum Gasteiger partial charge on any atom is -0.309 e. The summed E-state index contributed by atoms with van der Waals surface area (Å²) >= 11 is 0. The monoisotopic (exact) mass is 183 g/mol. The fourth-order valence-corrected chi connectivity index (χ4v) is 1.42. The topological polar surface area (TPSA) is 27.3 Å². The third-order valence-electron chi connectivity index (χ3n) is 2.31. The maximum atomic E-state index is 3.14. The van der Waals surface area contributed by atoms with Crippen molar-refractivity contribution in [2.45, 2.75) is 46.0 Å². The van der Waals surface area contributed by atoms with Crippen molar-refractivity contribution in [2.24, 2.45) is 0 Å². The molecule has 0 aromatic carbocycles. The summed E-state index contributed by atoms with van der Waals surface area (Å²) in [7, 11) is 0. The van der Waals surface area contributed by atoms with Gasteiger partial charge in [-0.15, -0.1) is 5.53 Å². The van der Waals surface area contributed by atoms with Crippen LogP contribution in [0.25, 0.3) is 0 Å². The lowest BCUT2D eigenvalue weighted by atomic mass is 10.2. The van der Waals surface area contributed by atoms with Gasteiger partial charge in [-0.1, -0.05) is 26.7 Å². The quantitative estimate of drug-likeness (QED) is 0.660. The van der Waals surface area contributed by atoms with E-state index in [1.54, 1.807) is 0 Å². The zero-order chi connectivity index (χ0) is 9.52. The van der Waals surface area contributed by atoms with Crippen LogP contribution >= 0.6 is 0 Å². The summed E-state index contributed by atoms with van der Waals surface area (Å²) in [4.78, 5) is 0. The van der Waals surface area contributed by atoms with Gasteiger partial charge in [0.1, 0.15) is 0 Å². The van der Waals surface area contributed by atoms with Gasteiger partial charge in [-0.2, -0.15) is 0 Å². The number of nitrogens with one attached hydrogen (secondary N) is 2. The molecule has 0 atom stereocenters. The van der Waals surface area contributed by atoms with E-state index in [-0.39, 0.29) is 0 Å². The Morgan fingerprint density at radius 1 is 1.23 bits per heavy atom. The highest BCUT2D eigenvalue weighted by Gasteiger charge is 2.12. The molecule has 0 aliphatic carbocycles. The largest absolute Gasteiger partial charge is 0.309 e. The molecule has 1 rings (SSSR count). The molecule has 0 aromatic rings. The van der Waals surface area contributed by atoms with Crippen molar-refractivity contribution in [1.82, 2.24) is 16.0 Å². The van der Waals surface area contributed by atoms with Crippen molar-refractivity contribution in [3.05, 3.63) is 11.9 Å². The summed E-state index contributed by atoms with van der Waals surface area (Å²) in [5.74, 6) is 0. The summed E-state index contributed by atoms with van der Waals surface area (Å²) in [6.07, 6.45) is 8.29. The molecule has 0 saturated carbocycles. The van der Waals surface area contributed by atoms with E-state index >= 15 is 0 Å². The Balaban J connectivity index is 2.25. The number of unbranched alkanes of at least 4 members (excludes halogenated alkanes) is 2. The van der Waals surface area contributed by atoms with Gasteiger partial charge < -0.3 is 5.43 Å². The predicted molar refractivity (Wildman–Crippen MR) is 55.5 cm³/mol. The predicted octanol–water partition coefficient (Wildman–Crippen LogP) is 2.14. The first-order valence-corrected chi connectivity index (χ1v) is 5.36. The molecular weight excluding hydrogens is 162 g/mol. The SMILES string of the molecule is CCCCC1=CNNN1CCCC. The first kappa shape index (κ1) is 10.4. The van der Waals surface area contributed by atoms with Crippen LogP contribution in [0, 0.1) is 0 Å². The summed E-state index contributed by atoms with van der Waals surface area (Å²) in [5.41, 5.74) is 7.59. The first-order chi connectivity index (χ1) is 6.38. The Labute approximate surface area is 81.1 Å². The Bertz CT molecular complexity index is 166. The van der Waals surface area contributed by atoms with Gasteiger partial charge in [0.15, 0.2) is 0 Å². The van der Waals surface area contributed by atoms with Gasteiger partial charge >= 0.3 is 0 Å². The molecule has 2 N–H and O–H groups in total. The molecule has 0 radical (unpaired) electrons. The molecule has 0 saturated heterocycles. The maximum absolute atomic E-state index is 3.14. The van der Waals surface area contributed by atoms with E-state index < -0.39 is 0 Å². The van der Waals surface area contributed by atoms with Crippen molar-refractivity contribution in [3.63, 3.8) is 0 Å². The molecule has 3 nitrogen and oxygen atoms in total. The van der Waals surface area contributed by atoms with Crippen LogP contribution in [0.5, 0.6) is 0 Å². The number of hydrogen-bond donors (Lipinski definition) is 2. The summed E-state index contributed by atoms with van der Waals surface area (Å²) in [5, 5.41) is 2.22. The van der Waals surface area contributed by atoms with Gasteiger partial charge in [-0.3, -0.25) is 5.01 Å². The molecule has 0 aromatic heterocycles. The smallest absolute Gasteiger partial charge is 0.0483 e. The van der Waals surface area contributed by atoms with Gasteiger partial charge in [0, 0.05) is 18.4 Å². The van der Waals surface area contributed by atoms with Crippen LogP contribution in [0.15, 0.2) is 11.9 Å². The van der Waals surface area contributed by atoms with Gasteiger partial charge in [-0.25, -0.2) is 0 Å². The lowest BCUT2D eigenvalue weighted by molar-refractivity contribution is 0.239. The van der Waals surface area contributed by atoms with Crippen molar-refractivity contribution in [1.29, 1.82) is 0 Å². The fourth-order valence-electron chi connectivity index (χ4n) is 1.42. The van der Waals surface area contributed by atoms with Crippen LogP contribution in [0.4, 0.5) is 0 Å². The fraction of sp³-hybridized carbons (Fsp3) is 0.800. The minimum atomic E-state index is 1.11. The van der Waals surface area contributed by atoms with Gasteiger partial charge in [0.25, 0.3) is 0 Å². The summed E-state index contributed by atoms with van der Waals surface area (Å²) in [6, 6.07) is 0. The van der Waals surface area contributed by atoms with E-state index in [0.29, 0.717) is 0 Å². The molecule has 13 heavy (non-hydrogen) atoms. The van der Waals surface area contributed by atoms with Crippen LogP contribution in [-0.2, 0) is 0 Å². The van der Waals surface area contributed by atoms with Gasteiger partial charge in [-0.05, 0) is 19.3 Å².